The highest BCUT2D eigenvalue weighted by Crippen LogP contribution is 2.39. The fraction of sp³-hybridized carbons (Fsp3) is 0.588. The molecule has 24 heavy (non-hydrogen) atoms. The molecule has 0 radical (unpaired) electrons. The Morgan fingerprint density at radius 3 is 2.83 bits per heavy atom. The van der Waals surface area contributed by atoms with E-state index in [1.54, 1.807) is 0 Å². The minimum Gasteiger partial charge on any atom is -0.445 e. The van der Waals surface area contributed by atoms with Crippen molar-refractivity contribution in [1.82, 2.24) is 15.3 Å². The summed E-state index contributed by atoms with van der Waals surface area (Å²) in [4.78, 5) is 21.2. The number of fused-ring (bicyclic) bond motifs is 1. The lowest BCUT2D eigenvalue weighted by atomic mass is 10.2. The first-order valence-electron chi connectivity index (χ1n) is 8.32. The number of hydrogen-bond donors (Lipinski definition) is 2. The van der Waals surface area contributed by atoms with Crippen LogP contribution in [0.15, 0.2) is 10.7 Å². The predicted octanol–water partition coefficient (Wildman–Crippen LogP) is 2.65. The molecule has 3 rings (SSSR count). The molecule has 7 nitrogen and oxygen atoms in total. The van der Waals surface area contributed by atoms with Crippen molar-refractivity contribution >= 4 is 22.8 Å². The lowest BCUT2D eigenvalue weighted by Crippen LogP contribution is -2.28. The van der Waals surface area contributed by atoms with Gasteiger partial charge in [-0.3, -0.25) is 4.79 Å². The van der Waals surface area contributed by atoms with Gasteiger partial charge in [0.2, 0.25) is 5.71 Å². The summed E-state index contributed by atoms with van der Waals surface area (Å²) in [5.41, 5.74) is 0.920. The molecule has 2 heterocycles. The average Bonchev–Trinajstić information content (AvgIpc) is 3.07. The summed E-state index contributed by atoms with van der Waals surface area (Å²) < 4.78 is 10.9. The fourth-order valence-corrected chi connectivity index (χ4v) is 2.46. The van der Waals surface area contributed by atoms with E-state index in [4.69, 9.17) is 9.15 Å². The molecule has 0 unspecified atom stereocenters. The number of aryl methyl sites for hydroxylation is 1. The summed E-state index contributed by atoms with van der Waals surface area (Å²) in [6, 6.07) is 0. The molecular formula is C17H24N4O3. The third-order valence-electron chi connectivity index (χ3n) is 4.05. The van der Waals surface area contributed by atoms with Crippen molar-refractivity contribution in [1.29, 1.82) is 0 Å². The molecule has 2 aromatic rings. The zero-order valence-corrected chi connectivity index (χ0v) is 14.6. The molecule has 130 valence electrons. The quantitative estimate of drug-likeness (QED) is 0.758. The Kier molecular flexibility index (Phi) is 4.45. The van der Waals surface area contributed by atoms with Gasteiger partial charge in [0.15, 0.2) is 0 Å². The number of carbonyl (C=O) groups excluding carboxylic acids is 1. The maximum absolute atomic E-state index is 12.5. The third-order valence-corrected chi connectivity index (χ3v) is 4.05. The Hall–Kier alpha value is -2.15. The number of rotatable bonds is 7. The first-order valence-corrected chi connectivity index (χ1v) is 8.32. The van der Waals surface area contributed by atoms with Crippen LogP contribution in [0.25, 0.3) is 11.1 Å². The van der Waals surface area contributed by atoms with E-state index in [1.165, 1.54) is 6.26 Å². The third kappa shape index (κ3) is 3.67. The van der Waals surface area contributed by atoms with Gasteiger partial charge < -0.3 is 19.8 Å². The molecule has 0 aliphatic heterocycles. The fourth-order valence-electron chi connectivity index (χ4n) is 2.46. The number of hydrogen-bond acceptors (Lipinski definition) is 6. The van der Waals surface area contributed by atoms with Crippen LogP contribution in [-0.4, -0.2) is 40.7 Å². The summed E-state index contributed by atoms with van der Waals surface area (Å²) >= 11 is 0. The molecular weight excluding hydrogens is 308 g/mol. The number of nitrogens with one attached hydrogen (secondary N) is 2. The summed E-state index contributed by atoms with van der Waals surface area (Å²) in [7, 11) is 0. The standard InChI is InChI=1S/C17H24N4O3/c1-10(2)23-8-7-18-15(22)12-9-24-16-13(12)14(19-11(3)20-16)21-17(4)5-6-17/h9-10H,5-8H2,1-4H3,(H,18,22)(H,19,20,21). The molecule has 1 fully saturated rings. The molecule has 1 amide bonds. The van der Waals surface area contributed by atoms with Gasteiger partial charge in [-0.25, -0.2) is 4.98 Å². The van der Waals surface area contributed by atoms with E-state index >= 15 is 0 Å². The van der Waals surface area contributed by atoms with Gasteiger partial charge in [0.25, 0.3) is 5.91 Å². The number of amides is 1. The summed E-state index contributed by atoms with van der Waals surface area (Å²) in [5, 5.41) is 6.90. The Morgan fingerprint density at radius 2 is 2.17 bits per heavy atom. The first-order chi connectivity index (χ1) is 11.4. The second kappa shape index (κ2) is 6.39. The topological polar surface area (TPSA) is 89.3 Å². The molecule has 0 spiro atoms. The SMILES string of the molecule is Cc1nc(NC2(C)CC2)c2c(C(=O)NCCOC(C)C)coc2n1. The molecule has 1 aliphatic carbocycles. The van der Waals surface area contributed by atoms with Gasteiger partial charge in [0.05, 0.1) is 23.7 Å². The molecule has 0 atom stereocenters. The van der Waals surface area contributed by atoms with Crippen LogP contribution in [0.3, 0.4) is 0 Å². The smallest absolute Gasteiger partial charge is 0.255 e. The number of carbonyl (C=O) groups is 1. The van der Waals surface area contributed by atoms with Crippen molar-refractivity contribution < 1.29 is 13.9 Å². The summed E-state index contributed by atoms with van der Waals surface area (Å²) in [6.45, 7) is 8.78. The second-order valence-corrected chi connectivity index (χ2v) is 6.81. The molecule has 7 heteroatoms. The summed E-state index contributed by atoms with van der Waals surface area (Å²) in [5.74, 6) is 1.06. The van der Waals surface area contributed by atoms with Gasteiger partial charge in [-0.1, -0.05) is 0 Å². The molecule has 1 saturated carbocycles. The molecule has 0 saturated heterocycles. The Labute approximate surface area is 141 Å². The average molecular weight is 332 g/mol. The largest absolute Gasteiger partial charge is 0.445 e. The number of furan rings is 1. The highest BCUT2D eigenvalue weighted by molar-refractivity contribution is 6.09. The molecule has 0 bridgehead atoms. The molecule has 1 aliphatic rings. The maximum Gasteiger partial charge on any atom is 0.255 e. The van der Waals surface area contributed by atoms with Gasteiger partial charge in [-0.05, 0) is 40.5 Å². The van der Waals surface area contributed by atoms with Crippen LogP contribution >= 0.6 is 0 Å². The van der Waals surface area contributed by atoms with Gasteiger partial charge in [-0.2, -0.15) is 4.98 Å². The summed E-state index contributed by atoms with van der Waals surface area (Å²) in [6.07, 6.45) is 3.76. The van der Waals surface area contributed by atoms with Crippen molar-refractivity contribution in [3.8, 4) is 0 Å². The van der Waals surface area contributed by atoms with Crippen molar-refractivity contribution in [3.05, 3.63) is 17.7 Å². The maximum atomic E-state index is 12.5. The van der Waals surface area contributed by atoms with Gasteiger partial charge >= 0.3 is 0 Å². The van der Waals surface area contributed by atoms with Crippen molar-refractivity contribution in [2.45, 2.75) is 52.2 Å². The van der Waals surface area contributed by atoms with Crippen LogP contribution < -0.4 is 10.6 Å². The Balaban J connectivity index is 1.81. The first kappa shape index (κ1) is 16.7. The molecule has 2 N–H and O–H groups in total. The predicted molar refractivity (Wildman–Crippen MR) is 91.2 cm³/mol. The van der Waals surface area contributed by atoms with Crippen molar-refractivity contribution in [2.24, 2.45) is 0 Å². The number of anilines is 1. The van der Waals surface area contributed by atoms with Crippen LogP contribution in [0, 0.1) is 6.92 Å². The van der Waals surface area contributed by atoms with Gasteiger partial charge in [0, 0.05) is 12.1 Å². The van der Waals surface area contributed by atoms with Crippen LogP contribution in [0.5, 0.6) is 0 Å². The van der Waals surface area contributed by atoms with Crippen LogP contribution in [0.1, 0.15) is 49.8 Å². The Morgan fingerprint density at radius 1 is 1.42 bits per heavy atom. The van der Waals surface area contributed by atoms with Gasteiger partial charge in [-0.15, -0.1) is 0 Å². The van der Waals surface area contributed by atoms with E-state index < -0.39 is 0 Å². The number of ether oxygens (including phenoxy) is 1. The number of aromatic nitrogens is 2. The van der Waals surface area contributed by atoms with E-state index in [-0.39, 0.29) is 17.6 Å². The van der Waals surface area contributed by atoms with Crippen LogP contribution in [0.4, 0.5) is 5.82 Å². The minimum absolute atomic E-state index is 0.0455. The van der Waals surface area contributed by atoms with E-state index in [1.807, 2.05) is 20.8 Å². The van der Waals surface area contributed by atoms with Crippen molar-refractivity contribution in [2.75, 3.05) is 18.5 Å². The van der Waals surface area contributed by atoms with Crippen molar-refractivity contribution in [3.63, 3.8) is 0 Å². The van der Waals surface area contributed by atoms with Crippen LogP contribution in [0.2, 0.25) is 0 Å². The highest BCUT2D eigenvalue weighted by atomic mass is 16.5. The van der Waals surface area contributed by atoms with E-state index in [9.17, 15) is 4.79 Å². The zero-order chi connectivity index (χ0) is 17.3. The normalized spacial score (nSPS) is 15.7. The van der Waals surface area contributed by atoms with E-state index in [0.29, 0.717) is 41.5 Å². The van der Waals surface area contributed by atoms with Gasteiger partial charge in [0.1, 0.15) is 17.9 Å². The lowest BCUT2D eigenvalue weighted by molar-refractivity contribution is 0.0747. The zero-order valence-electron chi connectivity index (χ0n) is 14.6. The van der Waals surface area contributed by atoms with E-state index in [0.717, 1.165) is 12.8 Å². The molecule has 2 aromatic heterocycles. The Bertz CT molecular complexity index is 750. The number of nitrogens with zero attached hydrogens (tertiary/aromatic N) is 2. The second-order valence-electron chi connectivity index (χ2n) is 6.81. The van der Waals surface area contributed by atoms with Crippen LogP contribution in [-0.2, 0) is 4.74 Å². The monoisotopic (exact) mass is 332 g/mol. The highest BCUT2D eigenvalue weighted by Gasteiger charge is 2.38. The molecule has 0 aromatic carbocycles. The van der Waals surface area contributed by atoms with E-state index in [2.05, 4.69) is 27.5 Å². The minimum atomic E-state index is -0.211. The lowest BCUT2D eigenvalue weighted by Gasteiger charge is -2.14.